The molecule has 3 aromatic rings. The highest BCUT2D eigenvalue weighted by atomic mass is 16.6. The number of rotatable bonds is 4. The lowest BCUT2D eigenvalue weighted by atomic mass is 9.98. The van der Waals surface area contributed by atoms with Crippen LogP contribution in [0.1, 0.15) is 11.8 Å². The highest BCUT2D eigenvalue weighted by Crippen LogP contribution is 2.29. The molecular formula is C18H21N5O6. The average molecular weight is 403 g/mol. The molecule has 0 aliphatic carbocycles. The van der Waals surface area contributed by atoms with Crippen LogP contribution in [-0.4, -0.2) is 76.1 Å². The Morgan fingerprint density at radius 2 is 1.83 bits per heavy atom. The van der Waals surface area contributed by atoms with Crippen LogP contribution in [0, 0.1) is 0 Å². The Balaban J connectivity index is 1.69. The van der Waals surface area contributed by atoms with E-state index in [1.54, 1.807) is 24.3 Å². The Bertz CT molecular complexity index is 1050. The van der Waals surface area contributed by atoms with Crippen LogP contribution >= 0.6 is 0 Å². The molecule has 4 rings (SSSR count). The molecular weight excluding hydrogens is 382 g/mol. The molecule has 1 aliphatic rings. The summed E-state index contributed by atoms with van der Waals surface area (Å²) < 4.78 is 6.99. The maximum absolute atomic E-state index is 10.4. The number of aromatic hydroxyl groups is 1. The van der Waals surface area contributed by atoms with Gasteiger partial charge in [-0.05, 0) is 17.7 Å². The molecule has 2 aromatic heterocycles. The van der Waals surface area contributed by atoms with Crippen LogP contribution in [0.3, 0.4) is 0 Å². The second kappa shape index (κ2) is 7.89. The summed E-state index contributed by atoms with van der Waals surface area (Å²) in [7, 11) is 0. The lowest BCUT2D eigenvalue weighted by Gasteiger charge is -2.40. The molecule has 0 amide bonds. The van der Waals surface area contributed by atoms with Crippen molar-refractivity contribution in [1.82, 2.24) is 19.5 Å². The fourth-order valence-corrected chi connectivity index (χ4v) is 3.27. The number of aromatic amines is 1. The van der Waals surface area contributed by atoms with Crippen LogP contribution < -0.4 is 5.49 Å². The number of ether oxygens (including phenoxy) is 1. The molecule has 0 bridgehead atoms. The van der Waals surface area contributed by atoms with Gasteiger partial charge in [-0.2, -0.15) is 0 Å². The van der Waals surface area contributed by atoms with Gasteiger partial charge in [-0.15, -0.1) is 0 Å². The van der Waals surface area contributed by atoms with E-state index in [0.29, 0.717) is 23.2 Å². The maximum Gasteiger partial charge on any atom is 0.177 e. The van der Waals surface area contributed by atoms with E-state index in [-0.39, 0.29) is 5.75 Å². The van der Waals surface area contributed by atoms with Crippen molar-refractivity contribution in [3.05, 3.63) is 48.0 Å². The molecule has 0 saturated carbocycles. The van der Waals surface area contributed by atoms with Gasteiger partial charge in [-0.1, -0.05) is 12.1 Å². The second-order valence-electron chi connectivity index (χ2n) is 6.78. The Morgan fingerprint density at radius 1 is 1.07 bits per heavy atom. The third-order valence-corrected chi connectivity index (χ3v) is 4.88. The van der Waals surface area contributed by atoms with Crippen LogP contribution in [0.2, 0.25) is 0 Å². The first-order valence-electron chi connectivity index (χ1n) is 8.98. The van der Waals surface area contributed by atoms with Crippen molar-refractivity contribution < 1.29 is 30.3 Å². The lowest BCUT2D eigenvalue weighted by Crippen LogP contribution is -2.56. The highest BCUT2D eigenvalue weighted by molar-refractivity contribution is 5.68. The van der Waals surface area contributed by atoms with Crippen LogP contribution in [0.25, 0.3) is 11.2 Å². The number of phenolic OH excluding ortho intramolecular Hbond substituents is 1. The van der Waals surface area contributed by atoms with Gasteiger partial charge in [0.2, 0.25) is 0 Å². The first kappa shape index (κ1) is 19.5. The summed E-state index contributed by atoms with van der Waals surface area (Å²) in [5.74, 6) is 0.170. The predicted octanol–water partition coefficient (Wildman–Crippen LogP) is -1.46. The molecule has 3 heterocycles. The van der Waals surface area contributed by atoms with Crippen molar-refractivity contribution in [2.45, 2.75) is 37.2 Å². The average Bonchev–Trinajstić information content (AvgIpc) is 3.22. The maximum atomic E-state index is 10.4. The van der Waals surface area contributed by atoms with Crippen molar-refractivity contribution >= 4 is 11.2 Å². The molecule has 1 aliphatic heterocycles. The van der Waals surface area contributed by atoms with E-state index in [4.69, 9.17) is 4.74 Å². The molecule has 11 nitrogen and oxygen atoms in total. The first-order chi connectivity index (χ1) is 14.0. The van der Waals surface area contributed by atoms with Crippen molar-refractivity contribution in [3.63, 3.8) is 0 Å². The van der Waals surface area contributed by atoms with Crippen LogP contribution in [0.15, 0.2) is 41.9 Å². The minimum Gasteiger partial charge on any atom is -0.508 e. The van der Waals surface area contributed by atoms with Crippen LogP contribution in [0.4, 0.5) is 0 Å². The van der Waals surface area contributed by atoms with E-state index in [1.807, 2.05) is 0 Å². The fraction of sp³-hybridized carbons (Fsp3) is 0.389. The number of aliphatic hydroxyl groups is 4. The number of nitrogens with zero attached hydrogens (tertiary/aromatic N) is 4. The lowest BCUT2D eigenvalue weighted by molar-refractivity contribution is -0.250. The minimum atomic E-state index is -1.51. The summed E-state index contributed by atoms with van der Waals surface area (Å²) in [6.45, 7) is -0.204. The number of H-pyrrole nitrogens is 1. The number of fused-ring (bicyclic) bond motifs is 1. The van der Waals surface area contributed by atoms with Crippen LogP contribution in [0.5, 0.6) is 5.75 Å². The zero-order valence-electron chi connectivity index (χ0n) is 15.2. The van der Waals surface area contributed by atoms with Gasteiger partial charge >= 0.3 is 0 Å². The molecule has 1 aromatic carbocycles. The smallest absolute Gasteiger partial charge is 0.177 e. The van der Waals surface area contributed by atoms with Gasteiger partial charge in [0.05, 0.1) is 19.5 Å². The Hall–Kier alpha value is -2.83. The molecule has 1 fully saturated rings. The summed E-state index contributed by atoms with van der Waals surface area (Å²) in [4.78, 5) is 15.9. The Labute approximate surface area is 164 Å². The van der Waals surface area contributed by atoms with E-state index in [1.165, 1.54) is 17.2 Å². The normalized spacial score (nSPS) is 28.1. The SMILES string of the molecule is OC[C@H]1OC(n2cnc(=NCc3ccc(O)cc3)c3[nH]cnc32)[C@H](O)[C@@H](O)[C@@H]1O. The summed E-state index contributed by atoms with van der Waals surface area (Å²) in [6.07, 6.45) is -3.77. The molecule has 1 saturated heterocycles. The Kier molecular flexibility index (Phi) is 5.30. The number of aromatic nitrogens is 4. The van der Waals surface area contributed by atoms with Crippen molar-refractivity contribution in [1.29, 1.82) is 0 Å². The molecule has 6 N–H and O–H groups in total. The van der Waals surface area contributed by atoms with Crippen LogP contribution in [-0.2, 0) is 11.3 Å². The number of benzene rings is 1. The summed E-state index contributed by atoms with van der Waals surface area (Å²) in [5, 5.41) is 49.1. The first-order valence-corrected chi connectivity index (χ1v) is 8.98. The number of nitrogens with one attached hydrogen (secondary N) is 1. The van der Waals surface area contributed by atoms with E-state index in [9.17, 15) is 25.5 Å². The quantitative estimate of drug-likeness (QED) is 0.307. The zero-order chi connectivity index (χ0) is 20.5. The Morgan fingerprint density at radius 3 is 2.55 bits per heavy atom. The van der Waals surface area contributed by atoms with E-state index < -0.39 is 37.3 Å². The second-order valence-corrected chi connectivity index (χ2v) is 6.78. The van der Waals surface area contributed by atoms with Gasteiger partial charge in [0.1, 0.15) is 42.0 Å². The number of aliphatic hydroxyl groups excluding tert-OH is 4. The third-order valence-electron chi connectivity index (χ3n) is 4.88. The summed E-state index contributed by atoms with van der Waals surface area (Å²) in [5.41, 5.74) is 2.12. The predicted molar refractivity (Wildman–Crippen MR) is 98.3 cm³/mol. The number of hydrogen-bond acceptors (Lipinski definition) is 9. The van der Waals surface area contributed by atoms with E-state index >= 15 is 0 Å². The van der Waals surface area contributed by atoms with Crippen molar-refractivity contribution in [2.75, 3.05) is 6.61 Å². The molecule has 0 spiro atoms. The van der Waals surface area contributed by atoms with Crippen molar-refractivity contribution in [2.24, 2.45) is 4.99 Å². The highest BCUT2D eigenvalue weighted by Gasteiger charge is 2.44. The van der Waals surface area contributed by atoms with Gasteiger partial charge in [-0.3, -0.25) is 9.56 Å². The topological polar surface area (TPSA) is 169 Å². The molecule has 0 radical (unpaired) electrons. The number of phenols is 1. The number of imidazole rings is 1. The van der Waals surface area contributed by atoms with Gasteiger partial charge in [0.25, 0.3) is 0 Å². The summed E-state index contributed by atoms with van der Waals surface area (Å²) in [6, 6.07) is 6.64. The standard InChI is InChI=1S/C18H21N5O6/c24-6-11-13(26)14(27)15(28)18(29-11)23-8-22-16(12-17(23)21-7-20-12)19-5-9-1-3-10(25)4-2-9/h1-4,7-8,11,13-15,18,24-28H,5-6H2,(H,20,21)/t11-,13-,14+,15-,18?/m1/s1. The monoisotopic (exact) mass is 403 g/mol. The third kappa shape index (κ3) is 3.61. The van der Waals surface area contributed by atoms with Gasteiger partial charge in [-0.25, -0.2) is 9.97 Å². The molecule has 29 heavy (non-hydrogen) atoms. The molecule has 1 unspecified atom stereocenters. The van der Waals surface area contributed by atoms with E-state index in [2.05, 4.69) is 19.9 Å². The molecule has 11 heteroatoms. The summed E-state index contributed by atoms with van der Waals surface area (Å²) >= 11 is 0. The fourth-order valence-electron chi connectivity index (χ4n) is 3.27. The van der Waals surface area contributed by atoms with Gasteiger partial charge < -0.3 is 35.3 Å². The zero-order valence-corrected chi connectivity index (χ0v) is 15.2. The van der Waals surface area contributed by atoms with Gasteiger partial charge in [0.15, 0.2) is 17.4 Å². The molecule has 154 valence electrons. The number of hydrogen-bond donors (Lipinski definition) is 6. The van der Waals surface area contributed by atoms with E-state index in [0.717, 1.165) is 5.56 Å². The van der Waals surface area contributed by atoms with Crippen molar-refractivity contribution in [3.8, 4) is 5.75 Å². The minimum absolute atomic E-state index is 0.170. The largest absolute Gasteiger partial charge is 0.508 e. The molecule has 5 atom stereocenters. The van der Waals surface area contributed by atoms with Gasteiger partial charge in [0, 0.05) is 0 Å².